The van der Waals surface area contributed by atoms with Crippen molar-refractivity contribution in [3.8, 4) is 17.2 Å². The minimum atomic E-state index is -4.61. The van der Waals surface area contributed by atoms with Gasteiger partial charge in [-0.25, -0.2) is 9.97 Å². The third-order valence-corrected chi connectivity index (χ3v) is 4.37. The van der Waals surface area contributed by atoms with E-state index in [4.69, 9.17) is 9.47 Å². The van der Waals surface area contributed by atoms with E-state index >= 15 is 0 Å². The van der Waals surface area contributed by atoms with Crippen LogP contribution < -0.4 is 20.1 Å². The summed E-state index contributed by atoms with van der Waals surface area (Å²) in [6, 6.07) is 9.61. The third-order valence-electron chi connectivity index (χ3n) is 4.37. The summed E-state index contributed by atoms with van der Waals surface area (Å²) in [5, 5.41) is 5.07. The first-order chi connectivity index (χ1) is 15.8. The number of nitrogens with zero attached hydrogens (tertiary/aromatic N) is 2. The van der Waals surface area contributed by atoms with E-state index in [0.29, 0.717) is 5.56 Å². The number of nitrogens with one attached hydrogen (secondary N) is 2. The Morgan fingerprint density at radius 2 is 1.64 bits per heavy atom. The van der Waals surface area contributed by atoms with Crippen molar-refractivity contribution in [2.75, 3.05) is 13.7 Å². The number of carbonyl (C=O) groups is 2. The highest BCUT2D eigenvalue weighted by Gasteiger charge is 2.35. The van der Waals surface area contributed by atoms with Crippen molar-refractivity contribution in [3.63, 3.8) is 0 Å². The summed E-state index contributed by atoms with van der Waals surface area (Å²) in [5.41, 5.74) is -0.0435. The first kappa shape index (κ1) is 23.5. The first-order valence-corrected chi connectivity index (χ1v) is 9.58. The van der Waals surface area contributed by atoms with Gasteiger partial charge in [0.2, 0.25) is 5.91 Å². The van der Waals surface area contributed by atoms with Gasteiger partial charge in [-0.05, 0) is 35.9 Å². The molecule has 2 N–H and O–H groups in total. The Kier molecular flexibility index (Phi) is 7.44. The zero-order chi connectivity index (χ0) is 23.8. The molecule has 172 valence electrons. The van der Waals surface area contributed by atoms with Crippen LogP contribution in [0.4, 0.5) is 13.2 Å². The van der Waals surface area contributed by atoms with Crippen molar-refractivity contribution >= 4 is 11.8 Å². The van der Waals surface area contributed by atoms with E-state index in [1.165, 1.54) is 50.1 Å². The SMILES string of the molecule is COc1ccc(Oc2ccc(CNC(=O)CNC(=O)c3cncnc3)cc2)c(C(F)(F)F)c1. The summed E-state index contributed by atoms with van der Waals surface area (Å²) in [5.74, 6) is -1.01. The maximum absolute atomic E-state index is 13.3. The second kappa shape index (κ2) is 10.4. The number of alkyl halides is 3. The predicted molar refractivity (Wildman–Crippen MR) is 111 cm³/mol. The van der Waals surface area contributed by atoms with Crippen molar-refractivity contribution in [2.45, 2.75) is 12.7 Å². The number of amides is 2. The lowest BCUT2D eigenvalue weighted by molar-refractivity contribution is -0.138. The normalized spacial score (nSPS) is 10.9. The van der Waals surface area contributed by atoms with Gasteiger partial charge in [0.05, 0.1) is 19.2 Å². The molecule has 0 aliphatic carbocycles. The van der Waals surface area contributed by atoms with Crippen LogP contribution in [0.25, 0.3) is 0 Å². The summed E-state index contributed by atoms with van der Waals surface area (Å²) in [6.07, 6.45) is -0.677. The Balaban J connectivity index is 1.53. The average molecular weight is 460 g/mol. The summed E-state index contributed by atoms with van der Waals surface area (Å²) in [4.78, 5) is 31.3. The molecular weight excluding hydrogens is 441 g/mol. The van der Waals surface area contributed by atoms with E-state index in [-0.39, 0.29) is 35.9 Å². The number of ether oxygens (including phenoxy) is 2. The molecular formula is C22H19F3N4O4. The van der Waals surface area contributed by atoms with Crippen LogP contribution in [0.3, 0.4) is 0 Å². The zero-order valence-corrected chi connectivity index (χ0v) is 17.3. The summed E-state index contributed by atoms with van der Waals surface area (Å²) >= 11 is 0. The Hall–Kier alpha value is -4.15. The van der Waals surface area contributed by atoms with Crippen LogP contribution in [-0.2, 0) is 17.5 Å². The van der Waals surface area contributed by atoms with Crippen LogP contribution in [-0.4, -0.2) is 35.4 Å². The van der Waals surface area contributed by atoms with Gasteiger partial charge >= 0.3 is 6.18 Å². The maximum atomic E-state index is 13.3. The molecule has 2 amide bonds. The fraction of sp³-hybridized carbons (Fsp3) is 0.182. The van der Waals surface area contributed by atoms with Crippen LogP contribution in [0.2, 0.25) is 0 Å². The molecule has 8 nitrogen and oxygen atoms in total. The Morgan fingerprint density at radius 3 is 2.27 bits per heavy atom. The lowest BCUT2D eigenvalue weighted by Crippen LogP contribution is -2.36. The topological polar surface area (TPSA) is 102 Å². The molecule has 0 spiro atoms. The van der Waals surface area contributed by atoms with Crippen molar-refractivity contribution in [3.05, 3.63) is 77.9 Å². The van der Waals surface area contributed by atoms with Crippen molar-refractivity contribution in [1.29, 1.82) is 0 Å². The van der Waals surface area contributed by atoms with Gasteiger partial charge in [-0.1, -0.05) is 12.1 Å². The number of rotatable bonds is 8. The van der Waals surface area contributed by atoms with Gasteiger partial charge in [0.15, 0.2) is 0 Å². The van der Waals surface area contributed by atoms with Crippen LogP contribution >= 0.6 is 0 Å². The highest BCUT2D eigenvalue weighted by atomic mass is 19.4. The third kappa shape index (κ3) is 6.66. The summed E-state index contributed by atoms with van der Waals surface area (Å²) in [7, 11) is 1.28. The Bertz CT molecular complexity index is 1110. The van der Waals surface area contributed by atoms with Crippen LogP contribution in [0.5, 0.6) is 17.2 Å². The number of carbonyl (C=O) groups excluding carboxylic acids is 2. The molecule has 3 rings (SSSR count). The second-order valence-electron chi connectivity index (χ2n) is 6.69. The molecule has 0 saturated heterocycles. The molecule has 0 atom stereocenters. The van der Waals surface area contributed by atoms with Gasteiger partial charge in [-0.15, -0.1) is 0 Å². The molecule has 1 heterocycles. The molecule has 0 fully saturated rings. The van der Waals surface area contributed by atoms with Crippen molar-refractivity contribution in [1.82, 2.24) is 20.6 Å². The van der Waals surface area contributed by atoms with Gasteiger partial charge in [0, 0.05) is 18.9 Å². The molecule has 2 aromatic carbocycles. The highest BCUT2D eigenvalue weighted by molar-refractivity contribution is 5.95. The number of benzene rings is 2. The largest absolute Gasteiger partial charge is 0.497 e. The van der Waals surface area contributed by atoms with Crippen LogP contribution in [0.15, 0.2) is 61.2 Å². The average Bonchev–Trinajstić information content (AvgIpc) is 2.82. The van der Waals surface area contributed by atoms with Gasteiger partial charge in [0.1, 0.15) is 29.1 Å². The number of halogens is 3. The van der Waals surface area contributed by atoms with E-state index in [0.717, 1.165) is 6.07 Å². The minimum Gasteiger partial charge on any atom is -0.497 e. The molecule has 0 aliphatic heterocycles. The maximum Gasteiger partial charge on any atom is 0.420 e. The molecule has 0 aliphatic rings. The molecule has 11 heteroatoms. The number of hydrogen-bond donors (Lipinski definition) is 2. The summed E-state index contributed by atoms with van der Waals surface area (Å²) in [6.45, 7) is -0.0909. The van der Waals surface area contributed by atoms with Crippen molar-refractivity contribution < 1.29 is 32.2 Å². The van der Waals surface area contributed by atoms with E-state index < -0.39 is 23.6 Å². The zero-order valence-electron chi connectivity index (χ0n) is 17.3. The van der Waals surface area contributed by atoms with Crippen LogP contribution in [0.1, 0.15) is 21.5 Å². The van der Waals surface area contributed by atoms with Gasteiger partial charge in [0.25, 0.3) is 5.91 Å². The lowest BCUT2D eigenvalue weighted by Gasteiger charge is -2.15. The Morgan fingerprint density at radius 1 is 0.970 bits per heavy atom. The quantitative estimate of drug-likeness (QED) is 0.535. The summed E-state index contributed by atoms with van der Waals surface area (Å²) < 4.78 is 50.2. The molecule has 0 bridgehead atoms. The van der Waals surface area contributed by atoms with E-state index in [2.05, 4.69) is 20.6 Å². The Labute approximate surface area is 186 Å². The number of methoxy groups -OCH3 is 1. The molecule has 1 aromatic heterocycles. The molecule has 33 heavy (non-hydrogen) atoms. The molecule has 0 saturated carbocycles. The smallest absolute Gasteiger partial charge is 0.420 e. The monoisotopic (exact) mass is 460 g/mol. The molecule has 0 unspecified atom stereocenters. The highest BCUT2D eigenvalue weighted by Crippen LogP contribution is 2.40. The fourth-order valence-corrected chi connectivity index (χ4v) is 2.69. The van der Waals surface area contributed by atoms with Gasteiger partial charge < -0.3 is 20.1 Å². The minimum absolute atomic E-state index is 0.0639. The van der Waals surface area contributed by atoms with Gasteiger partial charge in [-0.3, -0.25) is 9.59 Å². The number of aromatic nitrogens is 2. The molecule has 3 aromatic rings. The van der Waals surface area contributed by atoms with E-state index in [1.807, 2.05) is 0 Å². The van der Waals surface area contributed by atoms with Crippen molar-refractivity contribution in [2.24, 2.45) is 0 Å². The second-order valence-corrected chi connectivity index (χ2v) is 6.69. The predicted octanol–water partition coefficient (Wildman–Crippen LogP) is 3.34. The first-order valence-electron chi connectivity index (χ1n) is 9.58. The molecule has 0 radical (unpaired) electrons. The van der Waals surface area contributed by atoms with Crippen LogP contribution in [0, 0.1) is 0 Å². The fourth-order valence-electron chi connectivity index (χ4n) is 2.69. The lowest BCUT2D eigenvalue weighted by atomic mass is 10.1. The standard InChI is InChI=1S/C22H19F3N4O4/c1-32-17-6-7-19(18(8-17)22(23,24)25)33-16-4-2-14(3-5-16)9-28-20(30)12-29-21(31)15-10-26-13-27-11-15/h2-8,10-11,13H,9,12H2,1H3,(H,28,30)(H,29,31). The van der Waals surface area contributed by atoms with Gasteiger partial charge in [-0.2, -0.15) is 13.2 Å². The number of hydrogen-bond acceptors (Lipinski definition) is 6. The van der Waals surface area contributed by atoms with E-state index in [9.17, 15) is 22.8 Å². The van der Waals surface area contributed by atoms with E-state index in [1.54, 1.807) is 12.1 Å².